The van der Waals surface area contributed by atoms with Gasteiger partial charge >= 0.3 is 0 Å². The van der Waals surface area contributed by atoms with Gasteiger partial charge in [-0.3, -0.25) is 15.6 Å². The fourth-order valence-electron chi connectivity index (χ4n) is 0.820. The first-order chi connectivity index (χ1) is 8.02. The Labute approximate surface area is 105 Å². The van der Waals surface area contributed by atoms with E-state index in [1.54, 1.807) is 6.08 Å². The summed E-state index contributed by atoms with van der Waals surface area (Å²) in [6.07, 6.45) is 6.74. The van der Waals surface area contributed by atoms with Crippen molar-refractivity contribution < 1.29 is 9.18 Å². The highest BCUT2D eigenvalue weighted by atomic mass is 32.2. The highest BCUT2D eigenvalue weighted by molar-refractivity contribution is 8.28. The molecule has 0 spiro atoms. The van der Waals surface area contributed by atoms with Gasteiger partial charge in [-0.25, -0.2) is 4.39 Å². The lowest BCUT2D eigenvalue weighted by molar-refractivity contribution is -0.102. The fourth-order valence-corrected chi connectivity index (χ4v) is 1.31. The highest BCUT2D eigenvalue weighted by Gasteiger charge is 2.10. The van der Waals surface area contributed by atoms with Gasteiger partial charge in [-0.1, -0.05) is 32.1 Å². The first kappa shape index (κ1) is 15.5. The summed E-state index contributed by atoms with van der Waals surface area (Å²) < 4.78 is 13.4. The molecule has 0 bridgehead atoms. The van der Waals surface area contributed by atoms with Gasteiger partial charge in [0.25, 0.3) is 0 Å². The van der Waals surface area contributed by atoms with Gasteiger partial charge in [0.15, 0.2) is 6.29 Å². The van der Waals surface area contributed by atoms with Crippen LogP contribution in [0, 0.1) is 10.8 Å². The maximum atomic E-state index is 13.4. The summed E-state index contributed by atoms with van der Waals surface area (Å²) in [6.45, 7) is 5.42. The summed E-state index contributed by atoms with van der Waals surface area (Å²) in [5.74, 6) is -0.631. The topological polar surface area (TPSA) is 64.8 Å². The molecule has 0 heterocycles. The summed E-state index contributed by atoms with van der Waals surface area (Å²) in [5, 5.41) is 13.9. The minimum Gasteiger partial charge on any atom is -0.296 e. The van der Waals surface area contributed by atoms with E-state index in [1.807, 2.05) is 13.0 Å². The molecule has 92 valence electrons. The van der Waals surface area contributed by atoms with Gasteiger partial charge in [-0.2, -0.15) is 0 Å². The zero-order valence-electron chi connectivity index (χ0n) is 9.63. The molecule has 17 heavy (non-hydrogen) atoms. The average Bonchev–Trinajstić information content (AvgIpc) is 2.33. The molecule has 0 fully saturated rings. The number of hydrogen-bond donors (Lipinski definition) is 2. The third-order valence-electron chi connectivity index (χ3n) is 1.72. The molecule has 0 amide bonds. The second-order valence-corrected chi connectivity index (χ2v) is 4.18. The SMILES string of the molecule is C=C(C(=N)SC(=N)C=O)/C(F)=C\C=C/CCC. The summed E-state index contributed by atoms with van der Waals surface area (Å²) in [5.41, 5.74) is -0.122. The van der Waals surface area contributed by atoms with E-state index in [1.165, 1.54) is 6.08 Å². The number of carbonyl (C=O) groups excluding carboxylic acids is 1. The Morgan fingerprint density at radius 2 is 2.12 bits per heavy atom. The van der Waals surface area contributed by atoms with E-state index in [9.17, 15) is 9.18 Å². The molecule has 0 saturated carbocycles. The lowest BCUT2D eigenvalue weighted by Gasteiger charge is -2.02. The number of unbranched alkanes of at least 4 members (excludes halogenated alkanes) is 1. The zero-order valence-corrected chi connectivity index (χ0v) is 10.4. The van der Waals surface area contributed by atoms with Crippen molar-refractivity contribution >= 4 is 28.1 Å². The maximum Gasteiger partial charge on any atom is 0.174 e. The van der Waals surface area contributed by atoms with Crippen molar-refractivity contribution in [1.82, 2.24) is 0 Å². The number of hydrogen-bond acceptors (Lipinski definition) is 4. The van der Waals surface area contributed by atoms with E-state index >= 15 is 0 Å². The lowest BCUT2D eigenvalue weighted by Crippen LogP contribution is -2.01. The van der Waals surface area contributed by atoms with Crippen LogP contribution < -0.4 is 0 Å². The molecule has 0 saturated heterocycles. The Morgan fingerprint density at radius 1 is 1.47 bits per heavy atom. The van der Waals surface area contributed by atoms with Crippen molar-refractivity contribution in [1.29, 1.82) is 10.8 Å². The molecule has 2 N–H and O–H groups in total. The number of aldehydes is 1. The largest absolute Gasteiger partial charge is 0.296 e. The first-order valence-corrected chi connectivity index (χ1v) is 5.86. The minimum atomic E-state index is -0.631. The van der Waals surface area contributed by atoms with E-state index in [2.05, 4.69) is 6.58 Å². The van der Waals surface area contributed by atoms with E-state index in [-0.39, 0.29) is 15.7 Å². The third-order valence-corrected chi connectivity index (χ3v) is 2.48. The molecular weight excluding hydrogens is 239 g/mol. The van der Waals surface area contributed by atoms with Crippen LogP contribution in [-0.4, -0.2) is 16.4 Å². The maximum absolute atomic E-state index is 13.4. The molecule has 0 aliphatic heterocycles. The molecule has 5 heteroatoms. The Bertz CT molecular complexity index is 386. The molecule has 0 unspecified atom stereocenters. The lowest BCUT2D eigenvalue weighted by atomic mass is 10.2. The molecule has 0 aliphatic rings. The summed E-state index contributed by atoms with van der Waals surface area (Å²) in [7, 11) is 0. The predicted molar refractivity (Wildman–Crippen MR) is 71.5 cm³/mol. The second kappa shape index (κ2) is 8.64. The van der Waals surface area contributed by atoms with E-state index in [0.29, 0.717) is 18.0 Å². The van der Waals surface area contributed by atoms with E-state index in [0.717, 1.165) is 12.8 Å². The molecule has 0 aliphatic carbocycles. The van der Waals surface area contributed by atoms with Crippen molar-refractivity contribution in [2.75, 3.05) is 0 Å². The van der Waals surface area contributed by atoms with Crippen LogP contribution in [-0.2, 0) is 4.79 Å². The van der Waals surface area contributed by atoms with Gasteiger partial charge in [0.2, 0.25) is 0 Å². The normalized spacial score (nSPS) is 11.5. The zero-order chi connectivity index (χ0) is 13.3. The number of nitrogens with one attached hydrogen (secondary N) is 2. The Kier molecular flexibility index (Phi) is 7.88. The van der Waals surface area contributed by atoms with Crippen LogP contribution in [0.2, 0.25) is 0 Å². The van der Waals surface area contributed by atoms with E-state index in [4.69, 9.17) is 10.8 Å². The van der Waals surface area contributed by atoms with Crippen LogP contribution in [0.5, 0.6) is 0 Å². The number of rotatable bonds is 6. The van der Waals surface area contributed by atoms with Crippen LogP contribution >= 0.6 is 11.8 Å². The monoisotopic (exact) mass is 254 g/mol. The number of thioether (sulfide) groups is 1. The van der Waals surface area contributed by atoms with E-state index < -0.39 is 5.83 Å². The van der Waals surface area contributed by atoms with Gasteiger partial charge < -0.3 is 0 Å². The van der Waals surface area contributed by atoms with Gasteiger partial charge in [0.1, 0.15) is 15.9 Å². The van der Waals surface area contributed by atoms with Crippen molar-refractivity contribution in [3.63, 3.8) is 0 Å². The first-order valence-electron chi connectivity index (χ1n) is 5.05. The number of halogens is 1. The predicted octanol–water partition coefficient (Wildman–Crippen LogP) is 3.64. The minimum absolute atomic E-state index is 0.122. The molecule has 0 radical (unpaired) electrons. The van der Waals surface area contributed by atoms with Gasteiger partial charge in [0, 0.05) is 5.57 Å². The molecule has 0 atom stereocenters. The second-order valence-electron chi connectivity index (χ2n) is 3.12. The highest BCUT2D eigenvalue weighted by Crippen LogP contribution is 2.18. The molecule has 3 nitrogen and oxygen atoms in total. The van der Waals surface area contributed by atoms with Crippen LogP contribution in [0.1, 0.15) is 19.8 Å². The van der Waals surface area contributed by atoms with Gasteiger partial charge in [-0.15, -0.1) is 0 Å². The summed E-state index contributed by atoms with van der Waals surface area (Å²) in [6, 6.07) is 0. The van der Waals surface area contributed by atoms with Gasteiger partial charge in [0.05, 0.1) is 0 Å². The Morgan fingerprint density at radius 3 is 2.65 bits per heavy atom. The third kappa shape index (κ3) is 6.63. The average molecular weight is 254 g/mol. The van der Waals surface area contributed by atoms with Crippen LogP contribution in [0.3, 0.4) is 0 Å². The van der Waals surface area contributed by atoms with Crippen molar-refractivity contribution in [3.05, 3.63) is 36.2 Å². The van der Waals surface area contributed by atoms with Crippen molar-refractivity contribution in [2.45, 2.75) is 19.8 Å². The summed E-state index contributed by atoms with van der Waals surface area (Å²) in [4.78, 5) is 10.2. The number of allylic oxidation sites excluding steroid dienone is 4. The quantitative estimate of drug-likeness (QED) is 0.329. The van der Waals surface area contributed by atoms with Gasteiger partial charge in [-0.05, 0) is 24.3 Å². The summed E-state index contributed by atoms with van der Waals surface area (Å²) >= 11 is 0.574. The molecular formula is C12H15FN2OS. The standard InChI is InChI=1S/C12H15FN2OS/c1-3-4-5-6-7-10(13)9(2)12(15)17-11(14)8-16/h5-8,14-15H,2-4H2,1H3/b6-5-,10-7+,14-11?,15-12?. The van der Waals surface area contributed by atoms with Crippen LogP contribution in [0.25, 0.3) is 0 Å². The molecule has 0 aromatic rings. The molecule has 0 rings (SSSR count). The smallest absolute Gasteiger partial charge is 0.174 e. The Balaban J connectivity index is 4.43. The number of carbonyl (C=O) groups is 1. The van der Waals surface area contributed by atoms with Crippen LogP contribution in [0.4, 0.5) is 4.39 Å². The molecule has 0 aromatic heterocycles. The Hall–Kier alpha value is -1.49. The van der Waals surface area contributed by atoms with Crippen molar-refractivity contribution in [3.8, 4) is 0 Å². The van der Waals surface area contributed by atoms with Crippen molar-refractivity contribution in [2.24, 2.45) is 0 Å². The van der Waals surface area contributed by atoms with Crippen LogP contribution in [0.15, 0.2) is 36.2 Å². The fraction of sp³-hybridized carbons (Fsp3) is 0.250. The molecule has 0 aromatic carbocycles.